The number of fused-ring (bicyclic) bond motifs is 1. The van der Waals surface area contributed by atoms with Gasteiger partial charge in [-0.1, -0.05) is 0 Å². The summed E-state index contributed by atoms with van der Waals surface area (Å²) in [5.41, 5.74) is 1.37. The molecule has 0 saturated carbocycles. The van der Waals surface area contributed by atoms with Crippen molar-refractivity contribution in [1.29, 1.82) is 0 Å². The van der Waals surface area contributed by atoms with Crippen LogP contribution in [0.25, 0.3) is 11.3 Å². The highest BCUT2D eigenvalue weighted by atomic mass is 16.3. The number of Topliss-reactive ketones (excluding diaryl/α,β-unsaturated/α-hetero) is 1. The van der Waals surface area contributed by atoms with Gasteiger partial charge in [-0.3, -0.25) is 14.4 Å². The van der Waals surface area contributed by atoms with E-state index in [2.05, 4.69) is 0 Å². The third-order valence-electron chi connectivity index (χ3n) is 3.68. The third kappa shape index (κ3) is 2.24. The van der Waals surface area contributed by atoms with Gasteiger partial charge in [0.2, 0.25) is 5.91 Å². The fourth-order valence-electron chi connectivity index (χ4n) is 2.57. The summed E-state index contributed by atoms with van der Waals surface area (Å²) < 4.78 is 4.91. The number of hydrogen-bond donors (Lipinski definition) is 1. The maximum atomic E-state index is 12.6. The summed E-state index contributed by atoms with van der Waals surface area (Å²) in [7, 11) is 0. The van der Waals surface area contributed by atoms with Crippen LogP contribution >= 0.6 is 0 Å². The van der Waals surface area contributed by atoms with E-state index in [-0.39, 0.29) is 17.1 Å². The average Bonchev–Trinajstić information content (AvgIpc) is 3.10. The summed E-state index contributed by atoms with van der Waals surface area (Å²) in [6.07, 6.45) is 2.65. The maximum absolute atomic E-state index is 12.6. The van der Waals surface area contributed by atoms with Crippen LogP contribution < -0.4 is 4.90 Å². The predicted octanol–water partition coefficient (Wildman–Crippen LogP) is 2.80. The molecule has 0 spiro atoms. The normalized spacial score (nSPS) is 15.6. The highest BCUT2D eigenvalue weighted by molar-refractivity contribution is 6.42. The molecule has 3 rings (SSSR count). The van der Waals surface area contributed by atoms with Crippen molar-refractivity contribution in [2.24, 2.45) is 0 Å². The molecule has 0 saturated heterocycles. The molecule has 2 heterocycles. The van der Waals surface area contributed by atoms with Crippen molar-refractivity contribution in [3.63, 3.8) is 0 Å². The lowest BCUT2D eigenvalue weighted by molar-refractivity contribution is -0.122. The zero-order valence-electron chi connectivity index (χ0n) is 12.5. The van der Waals surface area contributed by atoms with E-state index >= 15 is 0 Å². The number of rotatable bonds is 2. The topological polar surface area (TPSA) is 87.8 Å². The second-order valence-corrected chi connectivity index (χ2v) is 5.18. The van der Waals surface area contributed by atoms with Crippen LogP contribution in [0.4, 0.5) is 5.69 Å². The number of carbonyl (C=O) groups excluding carboxylic acids is 3. The summed E-state index contributed by atoms with van der Waals surface area (Å²) in [5, 5.41) is 10.4. The fraction of sp³-hybridized carbons (Fsp3) is 0.118. The largest absolute Gasteiger partial charge is 0.506 e. The Morgan fingerprint density at radius 1 is 1.13 bits per heavy atom. The van der Waals surface area contributed by atoms with Crippen LogP contribution in [0.3, 0.4) is 0 Å². The molecule has 1 aliphatic rings. The third-order valence-corrected chi connectivity index (χ3v) is 3.68. The van der Waals surface area contributed by atoms with Crippen LogP contribution in [-0.4, -0.2) is 22.7 Å². The highest BCUT2D eigenvalue weighted by Gasteiger charge is 2.38. The zero-order chi connectivity index (χ0) is 16.7. The lowest BCUT2D eigenvalue weighted by Crippen LogP contribution is -2.31. The molecule has 1 aromatic carbocycles. The first-order valence-electron chi connectivity index (χ1n) is 6.88. The molecule has 2 aromatic rings. The van der Waals surface area contributed by atoms with Gasteiger partial charge in [-0.25, -0.2) is 4.90 Å². The number of nitrogens with zero attached hydrogens (tertiary/aromatic N) is 1. The van der Waals surface area contributed by atoms with E-state index in [0.29, 0.717) is 22.4 Å². The molecule has 6 nitrogen and oxygen atoms in total. The first-order chi connectivity index (χ1) is 10.9. The van der Waals surface area contributed by atoms with Gasteiger partial charge in [0.25, 0.3) is 5.91 Å². The van der Waals surface area contributed by atoms with Crippen LogP contribution in [0.2, 0.25) is 0 Å². The number of ketones is 1. The van der Waals surface area contributed by atoms with Gasteiger partial charge in [-0.15, -0.1) is 0 Å². The quantitative estimate of drug-likeness (QED) is 0.523. The summed E-state index contributed by atoms with van der Waals surface area (Å²) in [6, 6.07) is 6.08. The molecule has 1 N–H and O–H groups in total. The Morgan fingerprint density at radius 2 is 1.87 bits per heavy atom. The second kappa shape index (κ2) is 5.24. The van der Waals surface area contributed by atoms with Gasteiger partial charge in [0, 0.05) is 18.1 Å². The molecular weight excluding hydrogens is 298 g/mol. The number of imide groups is 1. The minimum absolute atomic E-state index is 0.0281. The van der Waals surface area contributed by atoms with Gasteiger partial charge in [-0.05, 0) is 31.2 Å². The van der Waals surface area contributed by atoms with Crippen molar-refractivity contribution in [2.75, 3.05) is 4.90 Å². The van der Waals surface area contributed by atoms with E-state index in [9.17, 15) is 19.5 Å². The molecular formula is C17H13NO5. The lowest BCUT2D eigenvalue weighted by Gasteiger charge is -2.12. The molecule has 0 atom stereocenters. The molecule has 0 fully saturated rings. The molecule has 116 valence electrons. The second-order valence-electron chi connectivity index (χ2n) is 5.18. The number of anilines is 1. The van der Waals surface area contributed by atoms with E-state index in [4.69, 9.17) is 4.42 Å². The minimum atomic E-state index is -0.632. The summed E-state index contributed by atoms with van der Waals surface area (Å²) >= 11 is 0. The molecule has 1 aromatic heterocycles. The van der Waals surface area contributed by atoms with Crippen LogP contribution in [-0.2, 0) is 9.59 Å². The van der Waals surface area contributed by atoms with Gasteiger partial charge in [0.1, 0.15) is 12.0 Å². The SMILES string of the molecule is CC(=O)c1ccc2c(c1)/C(=C(/O)c1ccoc1)C(=O)N2C(C)=O. The molecule has 0 bridgehead atoms. The molecule has 2 amide bonds. The van der Waals surface area contributed by atoms with Crippen LogP contribution in [0, 0.1) is 0 Å². The van der Waals surface area contributed by atoms with E-state index < -0.39 is 11.8 Å². The molecule has 0 unspecified atom stereocenters. The Bertz CT molecular complexity index is 861. The van der Waals surface area contributed by atoms with Crippen LogP contribution in [0.1, 0.15) is 35.3 Å². The van der Waals surface area contributed by atoms with Gasteiger partial charge in [0.15, 0.2) is 5.78 Å². The summed E-state index contributed by atoms with van der Waals surface area (Å²) in [6.45, 7) is 2.67. The number of amides is 2. The van der Waals surface area contributed by atoms with Crippen LogP contribution in [0.5, 0.6) is 0 Å². The van der Waals surface area contributed by atoms with Crippen molar-refractivity contribution >= 4 is 34.6 Å². The number of furan rings is 1. The van der Waals surface area contributed by atoms with Gasteiger partial charge in [-0.2, -0.15) is 0 Å². The minimum Gasteiger partial charge on any atom is -0.506 e. The Morgan fingerprint density at radius 3 is 2.43 bits per heavy atom. The van der Waals surface area contributed by atoms with Crippen molar-refractivity contribution in [3.8, 4) is 0 Å². The lowest BCUT2D eigenvalue weighted by atomic mass is 10.00. The average molecular weight is 311 g/mol. The Labute approximate surface area is 131 Å². The Balaban J connectivity index is 2.29. The van der Waals surface area contributed by atoms with Crippen LogP contribution in [0.15, 0.2) is 41.2 Å². The molecule has 0 radical (unpaired) electrons. The first kappa shape index (κ1) is 14.8. The Hall–Kier alpha value is -3.15. The predicted molar refractivity (Wildman–Crippen MR) is 82.8 cm³/mol. The number of benzene rings is 1. The smallest absolute Gasteiger partial charge is 0.269 e. The summed E-state index contributed by atoms with van der Waals surface area (Å²) in [5.74, 6) is -1.58. The van der Waals surface area contributed by atoms with E-state index in [1.165, 1.54) is 44.6 Å². The maximum Gasteiger partial charge on any atom is 0.269 e. The molecule has 0 aliphatic carbocycles. The van der Waals surface area contributed by atoms with Gasteiger partial charge < -0.3 is 9.52 Å². The van der Waals surface area contributed by atoms with E-state index in [1.54, 1.807) is 6.07 Å². The molecule has 6 heteroatoms. The van der Waals surface area contributed by atoms with Crippen molar-refractivity contribution in [1.82, 2.24) is 0 Å². The fourth-order valence-corrected chi connectivity index (χ4v) is 2.57. The van der Waals surface area contributed by atoms with Gasteiger partial charge in [0.05, 0.1) is 23.1 Å². The Kier molecular flexibility index (Phi) is 3.37. The standard InChI is InChI=1S/C17H13NO5/c1-9(19)11-3-4-14-13(7-11)15(17(22)18(14)10(2)20)16(21)12-5-6-23-8-12/h3-8,21H,1-2H3/b16-15-. The van der Waals surface area contributed by atoms with E-state index in [0.717, 1.165) is 4.90 Å². The number of carbonyl (C=O) groups is 3. The van der Waals surface area contributed by atoms with E-state index in [1.807, 2.05) is 0 Å². The van der Waals surface area contributed by atoms with Crippen molar-refractivity contribution in [2.45, 2.75) is 13.8 Å². The molecule has 1 aliphatic heterocycles. The zero-order valence-corrected chi connectivity index (χ0v) is 12.5. The number of aliphatic hydroxyl groups excluding tert-OH is 1. The summed E-state index contributed by atoms with van der Waals surface area (Å²) in [4.78, 5) is 37.0. The van der Waals surface area contributed by atoms with Crippen molar-refractivity contribution < 1.29 is 23.9 Å². The molecule has 23 heavy (non-hydrogen) atoms. The number of hydrogen-bond acceptors (Lipinski definition) is 5. The van der Waals surface area contributed by atoms with Gasteiger partial charge >= 0.3 is 0 Å². The highest BCUT2D eigenvalue weighted by Crippen LogP contribution is 2.40. The first-order valence-corrected chi connectivity index (χ1v) is 6.88. The monoisotopic (exact) mass is 311 g/mol. The number of aliphatic hydroxyl groups is 1. The van der Waals surface area contributed by atoms with Crippen molar-refractivity contribution in [3.05, 3.63) is 53.5 Å².